The molecule has 0 aliphatic carbocycles. The number of hydrogen-bond acceptors (Lipinski definition) is 10. The molecule has 3 aliphatic heterocycles. The number of hydrogen-bond donors (Lipinski definition) is 2. The van der Waals surface area contributed by atoms with Crippen LogP contribution in [0.25, 0.3) is 0 Å². The van der Waals surface area contributed by atoms with Crippen molar-refractivity contribution in [1.29, 1.82) is 0 Å². The molecule has 43 heavy (non-hydrogen) atoms. The average molecular weight is 599 g/mol. The van der Waals surface area contributed by atoms with E-state index in [0.29, 0.717) is 0 Å². The Balaban J connectivity index is 1.24. The van der Waals surface area contributed by atoms with E-state index in [-0.39, 0.29) is 19.6 Å². The first kappa shape index (κ1) is 30.9. The van der Waals surface area contributed by atoms with Crippen LogP contribution in [-0.4, -0.2) is 79.4 Å². The molecule has 0 saturated carbocycles. The summed E-state index contributed by atoms with van der Waals surface area (Å²) in [6.45, 7) is 6.95. The van der Waals surface area contributed by atoms with Crippen LogP contribution < -0.4 is 10.6 Å². The molecule has 6 atom stereocenters. The molecule has 3 saturated heterocycles. The fourth-order valence-corrected chi connectivity index (χ4v) is 5.25. The first-order valence-electron chi connectivity index (χ1n) is 14.3. The maximum atomic E-state index is 13.7. The molecule has 0 aromatic heterocycles. The largest absolute Gasteiger partial charge is 0.455 e. The highest BCUT2D eigenvalue weighted by Crippen LogP contribution is 2.42. The lowest BCUT2D eigenvalue weighted by molar-refractivity contribution is -0.235. The fraction of sp³-hybridized carbons (Fsp3) is 0.516. The van der Waals surface area contributed by atoms with E-state index in [4.69, 9.17) is 33.2 Å². The highest BCUT2D eigenvalue weighted by molar-refractivity contribution is 5.87. The molecule has 12 nitrogen and oxygen atoms in total. The van der Waals surface area contributed by atoms with Crippen molar-refractivity contribution in [3.05, 3.63) is 71.8 Å². The van der Waals surface area contributed by atoms with Gasteiger partial charge in [0.1, 0.15) is 31.4 Å². The van der Waals surface area contributed by atoms with Gasteiger partial charge in [0.05, 0.1) is 6.61 Å². The first-order valence-corrected chi connectivity index (χ1v) is 14.3. The number of ether oxygens (including phenoxy) is 7. The number of esters is 1. The number of nitrogens with one attached hydrogen (secondary N) is 2. The summed E-state index contributed by atoms with van der Waals surface area (Å²) in [5.41, 5.74) is 1.61. The summed E-state index contributed by atoms with van der Waals surface area (Å²) in [5.74, 6) is -3.08. The number of carbonyl (C=O) groups excluding carboxylic acids is 3. The average Bonchev–Trinajstić information content (AvgIpc) is 3.60. The topological polar surface area (TPSA) is 140 Å². The first-order chi connectivity index (χ1) is 20.5. The van der Waals surface area contributed by atoms with E-state index in [0.717, 1.165) is 11.1 Å². The van der Waals surface area contributed by atoms with Gasteiger partial charge in [-0.2, -0.15) is 0 Å². The number of amides is 2. The molecule has 5 rings (SSSR count). The van der Waals surface area contributed by atoms with Crippen LogP contribution in [0.2, 0.25) is 0 Å². The summed E-state index contributed by atoms with van der Waals surface area (Å²) in [7, 11) is 0. The standard InChI is InChI=1S/C31H38N2O10/c1-30(2)38-18-22(41-30)24-25(26-28(40-24)43-31(3,4)42-26)39-27(35)21(15-19-11-7-5-8-12-19)33-23(34)16-32-29(36)37-17-20-13-9-6-10-14-20/h5-14,21-22,24-26,28H,15-18H2,1-4H3,(H,32,36)(H,33,34)/t21-,22+,24-,25-,26+,28+/m1/s1. The molecule has 2 amide bonds. The molecule has 3 fully saturated rings. The molecule has 3 aliphatic rings. The summed E-state index contributed by atoms with van der Waals surface area (Å²) in [6, 6.07) is 17.3. The molecule has 12 heteroatoms. The van der Waals surface area contributed by atoms with Crippen molar-refractivity contribution in [2.75, 3.05) is 13.2 Å². The lowest BCUT2D eigenvalue weighted by atomic mass is 10.0. The van der Waals surface area contributed by atoms with Gasteiger partial charge in [0.2, 0.25) is 5.91 Å². The zero-order valence-electron chi connectivity index (χ0n) is 24.6. The molecule has 3 heterocycles. The van der Waals surface area contributed by atoms with E-state index in [2.05, 4.69) is 10.6 Å². The third-order valence-electron chi connectivity index (χ3n) is 7.18. The lowest BCUT2D eigenvalue weighted by Gasteiger charge is -2.30. The molecular weight excluding hydrogens is 560 g/mol. The molecule has 0 spiro atoms. The maximum Gasteiger partial charge on any atom is 0.407 e. The molecule has 2 aromatic carbocycles. The Morgan fingerprint density at radius 2 is 1.56 bits per heavy atom. The van der Waals surface area contributed by atoms with Gasteiger partial charge < -0.3 is 43.8 Å². The molecular formula is C31H38N2O10. The van der Waals surface area contributed by atoms with Crippen molar-refractivity contribution in [3.8, 4) is 0 Å². The number of rotatable bonds is 10. The van der Waals surface area contributed by atoms with Crippen LogP contribution in [0.15, 0.2) is 60.7 Å². The second-order valence-corrected chi connectivity index (χ2v) is 11.6. The minimum atomic E-state index is -1.08. The van der Waals surface area contributed by atoms with E-state index in [1.54, 1.807) is 27.7 Å². The highest BCUT2D eigenvalue weighted by atomic mass is 16.8. The van der Waals surface area contributed by atoms with E-state index >= 15 is 0 Å². The van der Waals surface area contributed by atoms with Crippen molar-refractivity contribution in [2.24, 2.45) is 0 Å². The minimum absolute atomic E-state index is 0.0551. The van der Waals surface area contributed by atoms with Gasteiger partial charge in [-0.25, -0.2) is 9.59 Å². The Bertz CT molecular complexity index is 1270. The predicted molar refractivity (Wildman–Crippen MR) is 150 cm³/mol. The third-order valence-corrected chi connectivity index (χ3v) is 7.18. The Hall–Kier alpha value is -3.55. The van der Waals surface area contributed by atoms with Crippen molar-refractivity contribution >= 4 is 18.0 Å². The van der Waals surface area contributed by atoms with Gasteiger partial charge in [-0.3, -0.25) is 4.79 Å². The van der Waals surface area contributed by atoms with Crippen molar-refractivity contribution in [2.45, 2.75) is 89.0 Å². The summed E-state index contributed by atoms with van der Waals surface area (Å²) in [5, 5.41) is 5.10. The van der Waals surface area contributed by atoms with Crippen LogP contribution in [0.1, 0.15) is 38.8 Å². The SMILES string of the molecule is CC1(C)O[C@@H]2O[C@H]([C@@H]3COC(C)(C)O3)[C@@H](OC(=O)[C@@H](Cc3ccccc3)NC(=O)CNC(=O)OCc3ccccc3)[C@@H]2O1. The van der Waals surface area contributed by atoms with E-state index in [1.807, 2.05) is 60.7 Å². The Labute approximate surface area is 250 Å². The molecule has 232 valence electrons. The van der Waals surface area contributed by atoms with Gasteiger partial charge in [0, 0.05) is 6.42 Å². The zero-order chi connectivity index (χ0) is 30.6. The van der Waals surface area contributed by atoms with Gasteiger partial charge in [0.15, 0.2) is 30.1 Å². The van der Waals surface area contributed by atoms with E-state index in [1.165, 1.54) is 0 Å². The molecule has 0 unspecified atom stereocenters. The number of benzene rings is 2. The van der Waals surface area contributed by atoms with Crippen LogP contribution in [0.3, 0.4) is 0 Å². The van der Waals surface area contributed by atoms with E-state index in [9.17, 15) is 14.4 Å². The molecule has 0 radical (unpaired) electrons. The summed E-state index contributed by atoms with van der Waals surface area (Å²) in [4.78, 5) is 38.7. The van der Waals surface area contributed by atoms with Gasteiger partial charge >= 0.3 is 12.1 Å². The smallest absolute Gasteiger partial charge is 0.407 e. The van der Waals surface area contributed by atoms with Crippen molar-refractivity contribution in [1.82, 2.24) is 10.6 Å². The summed E-state index contributed by atoms with van der Waals surface area (Å²) in [6.07, 6.45) is -4.28. The summed E-state index contributed by atoms with van der Waals surface area (Å²) >= 11 is 0. The highest BCUT2D eigenvalue weighted by Gasteiger charge is 2.60. The Kier molecular flexibility index (Phi) is 9.33. The van der Waals surface area contributed by atoms with Gasteiger partial charge in [-0.05, 0) is 38.8 Å². The minimum Gasteiger partial charge on any atom is -0.455 e. The third kappa shape index (κ3) is 8.09. The van der Waals surface area contributed by atoms with Gasteiger partial charge in [0.25, 0.3) is 0 Å². The summed E-state index contributed by atoms with van der Waals surface area (Å²) < 4.78 is 41.0. The monoisotopic (exact) mass is 598 g/mol. The van der Waals surface area contributed by atoms with Gasteiger partial charge in [-0.1, -0.05) is 60.7 Å². The van der Waals surface area contributed by atoms with Crippen LogP contribution in [-0.2, 0) is 55.8 Å². The second kappa shape index (κ2) is 13.0. The van der Waals surface area contributed by atoms with Crippen LogP contribution in [0.4, 0.5) is 4.79 Å². The van der Waals surface area contributed by atoms with Crippen molar-refractivity contribution < 1.29 is 47.5 Å². The van der Waals surface area contributed by atoms with Gasteiger partial charge in [-0.15, -0.1) is 0 Å². The lowest BCUT2D eigenvalue weighted by Crippen LogP contribution is -2.51. The number of alkyl carbamates (subject to hydrolysis) is 1. The van der Waals surface area contributed by atoms with Crippen LogP contribution in [0, 0.1) is 0 Å². The van der Waals surface area contributed by atoms with Crippen molar-refractivity contribution in [3.63, 3.8) is 0 Å². The predicted octanol–water partition coefficient (Wildman–Crippen LogP) is 2.58. The molecule has 2 N–H and O–H groups in total. The number of fused-ring (bicyclic) bond motifs is 1. The maximum absolute atomic E-state index is 13.7. The Morgan fingerprint density at radius 3 is 2.21 bits per heavy atom. The Morgan fingerprint density at radius 1 is 0.884 bits per heavy atom. The second-order valence-electron chi connectivity index (χ2n) is 11.6. The fourth-order valence-electron chi connectivity index (χ4n) is 5.25. The van der Waals surface area contributed by atoms with Crippen LogP contribution >= 0.6 is 0 Å². The molecule has 2 aromatic rings. The molecule has 0 bridgehead atoms. The van der Waals surface area contributed by atoms with Crippen LogP contribution in [0.5, 0.6) is 0 Å². The number of carbonyl (C=O) groups is 3. The van der Waals surface area contributed by atoms with E-state index < -0.39 is 72.8 Å². The zero-order valence-corrected chi connectivity index (χ0v) is 24.6. The normalized spacial score (nSPS) is 27.6. The quantitative estimate of drug-likeness (QED) is 0.392.